The molecule has 0 fully saturated rings. The summed E-state index contributed by atoms with van der Waals surface area (Å²) in [4.78, 5) is 16.3. The van der Waals surface area contributed by atoms with Crippen LogP contribution >= 0.6 is 0 Å². The van der Waals surface area contributed by atoms with Crippen molar-refractivity contribution in [2.24, 2.45) is 5.10 Å². The van der Waals surface area contributed by atoms with E-state index in [1.54, 1.807) is 6.21 Å². The number of carbonyl (C=O) groups is 1. The molecular weight excluding hydrogens is 410 g/mol. The van der Waals surface area contributed by atoms with Crippen LogP contribution in [0.1, 0.15) is 47.8 Å². The number of amides is 1. The Bertz CT molecular complexity index is 1240. The Morgan fingerprint density at radius 3 is 2.58 bits per heavy atom. The van der Waals surface area contributed by atoms with Gasteiger partial charge in [-0.05, 0) is 60.9 Å². The Morgan fingerprint density at radius 1 is 1.03 bits per heavy atom. The number of hydrogen-bond donors (Lipinski definition) is 2. The predicted molar refractivity (Wildman–Crippen MR) is 135 cm³/mol. The zero-order chi connectivity index (χ0) is 23.0. The second kappa shape index (κ2) is 10.6. The molecule has 0 aliphatic heterocycles. The summed E-state index contributed by atoms with van der Waals surface area (Å²) < 4.78 is 5.74. The van der Waals surface area contributed by atoms with Crippen LogP contribution < -0.4 is 10.2 Å². The quantitative estimate of drug-likeness (QED) is 0.178. The van der Waals surface area contributed by atoms with Gasteiger partial charge in [0, 0.05) is 16.5 Å². The SMILES string of the molecule is CCCCCOc1ccc(C=NNC(=O)c2[nH]c3ccc(C)cc3c2-c2ccccc2)cc1. The van der Waals surface area contributed by atoms with Gasteiger partial charge in [-0.3, -0.25) is 4.79 Å². The Morgan fingerprint density at radius 2 is 1.82 bits per heavy atom. The highest BCUT2D eigenvalue weighted by atomic mass is 16.5. The van der Waals surface area contributed by atoms with Gasteiger partial charge in [0.1, 0.15) is 11.4 Å². The van der Waals surface area contributed by atoms with Crippen LogP contribution in [0.25, 0.3) is 22.0 Å². The number of rotatable bonds is 9. The maximum Gasteiger partial charge on any atom is 0.288 e. The number of benzene rings is 3. The highest BCUT2D eigenvalue weighted by Crippen LogP contribution is 2.33. The molecule has 33 heavy (non-hydrogen) atoms. The number of aryl methyl sites for hydroxylation is 1. The van der Waals surface area contributed by atoms with Crippen LogP contribution in [0.3, 0.4) is 0 Å². The first-order chi connectivity index (χ1) is 16.2. The van der Waals surface area contributed by atoms with E-state index in [1.807, 2.05) is 73.7 Å². The Labute approximate surface area is 194 Å². The molecule has 2 N–H and O–H groups in total. The van der Waals surface area contributed by atoms with Crippen molar-refractivity contribution < 1.29 is 9.53 Å². The van der Waals surface area contributed by atoms with Crippen LogP contribution in [0.4, 0.5) is 0 Å². The van der Waals surface area contributed by atoms with Gasteiger partial charge in [-0.1, -0.05) is 61.7 Å². The molecule has 0 unspecified atom stereocenters. The van der Waals surface area contributed by atoms with Crippen LogP contribution in [-0.2, 0) is 0 Å². The summed E-state index contributed by atoms with van der Waals surface area (Å²) in [6, 6.07) is 23.8. The van der Waals surface area contributed by atoms with Crippen molar-refractivity contribution in [3.63, 3.8) is 0 Å². The number of carbonyl (C=O) groups excluding carboxylic acids is 1. The summed E-state index contributed by atoms with van der Waals surface area (Å²) in [7, 11) is 0. The summed E-state index contributed by atoms with van der Waals surface area (Å²) in [5.74, 6) is 0.558. The van der Waals surface area contributed by atoms with Crippen LogP contribution in [0.2, 0.25) is 0 Å². The molecule has 1 amide bonds. The largest absolute Gasteiger partial charge is 0.494 e. The molecule has 0 aliphatic carbocycles. The molecule has 4 aromatic rings. The highest BCUT2D eigenvalue weighted by Gasteiger charge is 2.19. The minimum atomic E-state index is -0.283. The van der Waals surface area contributed by atoms with E-state index in [9.17, 15) is 4.79 Å². The normalized spacial score (nSPS) is 11.2. The van der Waals surface area contributed by atoms with E-state index in [2.05, 4.69) is 28.5 Å². The number of nitrogens with zero attached hydrogens (tertiary/aromatic N) is 1. The topological polar surface area (TPSA) is 66.5 Å². The van der Waals surface area contributed by atoms with E-state index in [0.717, 1.165) is 51.9 Å². The Hall–Kier alpha value is -3.86. The predicted octanol–water partition coefficient (Wildman–Crippen LogP) is 6.48. The fraction of sp³-hybridized carbons (Fsp3) is 0.214. The molecule has 3 aromatic carbocycles. The molecule has 5 heteroatoms. The van der Waals surface area contributed by atoms with E-state index in [-0.39, 0.29) is 5.91 Å². The fourth-order valence-electron chi connectivity index (χ4n) is 3.79. The van der Waals surface area contributed by atoms with Gasteiger partial charge in [-0.25, -0.2) is 5.43 Å². The van der Waals surface area contributed by atoms with Crippen molar-refractivity contribution in [2.45, 2.75) is 33.1 Å². The molecule has 1 heterocycles. The van der Waals surface area contributed by atoms with Crippen molar-refractivity contribution >= 4 is 23.0 Å². The molecule has 0 saturated carbocycles. The number of ether oxygens (including phenoxy) is 1. The van der Waals surface area contributed by atoms with Crippen LogP contribution in [0, 0.1) is 6.92 Å². The maximum absolute atomic E-state index is 13.0. The molecule has 0 radical (unpaired) electrons. The van der Waals surface area contributed by atoms with Gasteiger partial charge in [-0.15, -0.1) is 0 Å². The van der Waals surface area contributed by atoms with Crippen molar-refractivity contribution in [3.8, 4) is 16.9 Å². The van der Waals surface area contributed by atoms with Gasteiger partial charge in [0.25, 0.3) is 5.91 Å². The lowest BCUT2D eigenvalue weighted by atomic mass is 10.0. The van der Waals surface area contributed by atoms with Crippen LogP contribution in [0.5, 0.6) is 5.75 Å². The lowest BCUT2D eigenvalue weighted by molar-refractivity contribution is 0.0951. The van der Waals surface area contributed by atoms with Crippen molar-refractivity contribution in [1.29, 1.82) is 0 Å². The van der Waals surface area contributed by atoms with Gasteiger partial charge in [0.15, 0.2) is 0 Å². The summed E-state index contributed by atoms with van der Waals surface area (Å²) in [6.07, 6.45) is 5.04. The molecule has 0 atom stereocenters. The van der Waals surface area contributed by atoms with E-state index < -0.39 is 0 Å². The molecule has 168 valence electrons. The average Bonchev–Trinajstić information content (AvgIpc) is 3.22. The van der Waals surface area contributed by atoms with E-state index >= 15 is 0 Å². The smallest absolute Gasteiger partial charge is 0.288 e. The number of unbranched alkanes of at least 4 members (excludes halogenated alkanes) is 2. The number of nitrogens with one attached hydrogen (secondary N) is 2. The van der Waals surface area contributed by atoms with Gasteiger partial charge in [0.05, 0.1) is 12.8 Å². The number of hydrazone groups is 1. The number of H-pyrrole nitrogens is 1. The van der Waals surface area contributed by atoms with Crippen molar-refractivity contribution in [2.75, 3.05) is 6.61 Å². The number of hydrogen-bond acceptors (Lipinski definition) is 3. The number of fused-ring (bicyclic) bond motifs is 1. The Kier molecular flexibility index (Phi) is 7.20. The minimum absolute atomic E-state index is 0.283. The van der Waals surface area contributed by atoms with E-state index in [0.29, 0.717) is 5.69 Å². The molecule has 0 bridgehead atoms. The molecule has 0 aliphatic rings. The molecule has 0 spiro atoms. The van der Waals surface area contributed by atoms with Crippen molar-refractivity contribution in [1.82, 2.24) is 10.4 Å². The summed E-state index contributed by atoms with van der Waals surface area (Å²) in [5, 5.41) is 5.19. The van der Waals surface area contributed by atoms with E-state index in [4.69, 9.17) is 4.74 Å². The Balaban J connectivity index is 1.49. The number of aromatic nitrogens is 1. The lowest BCUT2D eigenvalue weighted by Gasteiger charge is -2.06. The third-order valence-electron chi connectivity index (χ3n) is 5.52. The first-order valence-electron chi connectivity index (χ1n) is 11.4. The third kappa shape index (κ3) is 5.50. The molecular formula is C28H29N3O2. The van der Waals surface area contributed by atoms with Gasteiger partial charge in [-0.2, -0.15) is 5.10 Å². The summed E-state index contributed by atoms with van der Waals surface area (Å²) in [5.41, 5.74) is 7.97. The van der Waals surface area contributed by atoms with Crippen molar-refractivity contribution in [3.05, 3.63) is 89.6 Å². The molecule has 0 saturated heterocycles. The fourth-order valence-corrected chi connectivity index (χ4v) is 3.79. The lowest BCUT2D eigenvalue weighted by Crippen LogP contribution is -2.18. The summed E-state index contributed by atoms with van der Waals surface area (Å²) >= 11 is 0. The first-order valence-corrected chi connectivity index (χ1v) is 11.4. The zero-order valence-corrected chi connectivity index (χ0v) is 19.1. The second-order valence-corrected chi connectivity index (χ2v) is 8.11. The van der Waals surface area contributed by atoms with Gasteiger partial charge >= 0.3 is 0 Å². The van der Waals surface area contributed by atoms with E-state index in [1.165, 1.54) is 12.8 Å². The zero-order valence-electron chi connectivity index (χ0n) is 19.1. The minimum Gasteiger partial charge on any atom is -0.494 e. The monoisotopic (exact) mass is 439 g/mol. The van der Waals surface area contributed by atoms with Gasteiger partial charge < -0.3 is 9.72 Å². The van der Waals surface area contributed by atoms with Crippen LogP contribution in [0.15, 0.2) is 77.9 Å². The molecule has 1 aromatic heterocycles. The molecule has 5 nitrogen and oxygen atoms in total. The molecule has 4 rings (SSSR count). The first kappa shape index (κ1) is 22.3. The van der Waals surface area contributed by atoms with Crippen LogP contribution in [-0.4, -0.2) is 23.7 Å². The van der Waals surface area contributed by atoms with Gasteiger partial charge in [0.2, 0.25) is 0 Å². The number of aromatic amines is 1. The maximum atomic E-state index is 13.0. The second-order valence-electron chi connectivity index (χ2n) is 8.11. The third-order valence-corrected chi connectivity index (χ3v) is 5.52. The standard InChI is InChI=1S/C28H29N3O2/c1-3-4-8-17-33-23-14-12-21(13-15-23)19-29-31-28(32)27-26(22-9-6-5-7-10-22)24-18-20(2)11-16-25(24)30-27/h5-7,9-16,18-19,30H,3-4,8,17H2,1-2H3,(H,31,32). The highest BCUT2D eigenvalue weighted by molar-refractivity contribution is 6.10. The summed E-state index contributed by atoms with van der Waals surface area (Å²) in [6.45, 7) is 4.95. The average molecular weight is 440 g/mol.